The zero-order chi connectivity index (χ0) is 11.4. The van der Waals surface area contributed by atoms with Crippen LogP contribution < -0.4 is 4.74 Å². The van der Waals surface area contributed by atoms with E-state index in [-0.39, 0.29) is 0 Å². The zero-order valence-corrected chi connectivity index (χ0v) is 9.11. The topological polar surface area (TPSA) is 9.23 Å². The van der Waals surface area contributed by atoms with Gasteiger partial charge in [0.05, 0.1) is 0 Å². The number of hydrogen-bond donors (Lipinski definition) is 0. The van der Waals surface area contributed by atoms with E-state index >= 15 is 0 Å². The van der Waals surface area contributed by atoms with Crippen molar-refractivity contribution >= 4 is 0 Å². The second-order valence-corrected chi connectivity index (χ2v) is 3.70. The molecule has 0 aromatic heterocycles. The van der Waals surface area contributed by atoms with Gasteiger partial charge in [0.15, 0.2) is 0 Å². The van der Waals surface area contributed by atoms with Crippen LogP contribution in [0.4, 0.5) is 4.39 Å². The minimum atomic E-state index is -0.467. The Morgan fingerprint density at radius 3 is 2.38 bits per heavy atom. The van der Waals surface area contributed by atoms with Gasteiger partial charge in [-0.1, -0.05) is 24.3 Å². The van der Waals surface area contributed by atoms with Crippen LogP contribution in [0.25, 0.3) is 0 Å². The first kappa shape index (κ1) is 10.7. The fourth-order valence-electron chi connectivity index (χ4n) is 1.51. The number of benzene rings is 2. The van der Waals surface area contributed by atoms with Gasteiger partial charge in [-0.2, -0.15) is 0 Å². The summed E-state index contributed by atoms with van der Waals surface area (Å²) in [5.41, 5.74) is 1.77. The highest BCUT2D eigenvalue weighted by molar-refractivity contribution is 5.35. The van der Waals surface area contributed by atoms with Crippen molar-refractivity contribution in [2.24, 2.45) is 0 Å². The molecule has 0 N–H and O–H groups in total. The average Bonchev–Trinajstić information content (AvgIpc) is 2.29. The first-order valence-electron chi connectivity index (χ1n) is 5.17. The summed E-state index contributed by atoms with van der Waals surface area (Å²) in [6.45, 7) is 1.54. The van der Waals surface area contributed by atoms with E-state index in [1.807, 2.05) is 37.3 Å². The van der Waals surface area contributed by atoms with Crippen molar-refractivity contribution in [2.75, 3.05) is 0 Å². The first-order valence-corrected chi connectivity index (χ1v) is 5.17. The van der Waals surface area contributed by atoms with Crippen LogP contribution in [-0.4, -0.2) is 0 Å². The number of rotatable bonds is 3. The van der Waals surface area contributed by atoms with Gasteiger partial charge in [0, 0.05) is 0 Å². The normalized spacial score (nSPS) is 10.1. The predicted molar refractivity (Wildman–Crippen MR) is 62.5 cm³/mol. The van der Waals surface area contributed by atoms with E-state index in [1.165, 1.54) is 0 Å². The molecule has 0 unspecified atom stereocenters. The van der Waals surface area contributed by atoms with Gasteiger partial charge in [0.25, 0.3) is 0 Å². The number of aryl methyl sites for hydroxylation is 1. The molecule has 0 heterocycles. The lowest BCUT2D eigenvalue weighted by Gasteiger charge is -2.06. The molecule has 0 bridgehead atoms. The van der Waals surface area contributed by atoms with Crippen molar-refractivity contribution in [2.45, 2.75) is 13.6 Å². The number of ether oxygens (including phenoxy) is 1. The molecule has 0 aliphatic rings. The van der Waals surface area contributed by atoms with Crippen molar-refractivity contribution in [3.05, 3.63) is 59.7 Å². The van der Waals surface area contributed by atoms with Crippen molar-refractivity contribution < 1.29 is 9.13 Å². The van der Waals surface area contributed by atoms with Gasteiger partial charge in [-0.25, -0.2) is 4.39 Å². The van der Waals surface area contributed by atoms with Crippen LogP contribution in [0, 0.1) is 6.92 Å². The summed E-state index contributed by atoms with van der Waals surface area (Å²) in [5, 5.41) is 0. The molecule has 0 fully saturated rings. The zero-order valence-electron chi connectivity index (χ0n) is 9.11. The van der Waals surface area contributed by atoms with Crippen LogP contribution in [0.1, 0.15) is 11.1 Å². The molecule has 0 aliphatic carbocycles. The molecule has 16 heavy (non-hydrogen) atoms. The summed E-state index contributed by atoms with van der Waals surface area (Å²) >= 11 is 0. The molecule has 2 heteroatoms. The van der Waals surface area contributed by atoms with E-state index in [9.17, 15) is 4.39 Å². The highest BCUT2D eigenvalue weighted by Crippen LogP contribution is 2.23. The molecule has 82 valence electrons. The monoisotopic (exact) mass is 216 g/mol. The summed E-state index contributed by atoms with van der Waals surface area (Å²) in [6, 6.07) is 14.8. The molecule has 2 aromatic rings. The fourth-order valence-corrected chi connectivity index (χ4v) is 1.51. The summed E-state index contributed by atoms with van der Waals surface area (Å²) in [4.78, 5) is 0. The molecule has 1 nitrogen and oxygen atoms in total. The van der Waals surface area contributed by atoms with Crippen molar-refractivity contribution in [1.82, 2.24) is 0 Å². The van der Waals surface area contributed by atoms with Crippen LogP contribution in [0.15, 0.2) is 48.5 Å². The number of alkyl halides is 1. The van der Waals surface area contributed by atoms with E-state index in [0.717, 1.165) is 11.3 Å². The maximum absolute atomic E-state index is 12.5. The third kappa shape index (κ3) is 2.60. The van der Waals surface area contributed by atoms with Crippen LogP contribution in [0.5, 0.6) is 11.5 Å². The van der Waals surface area contributed by atoms with Gasteiger partial charge < -0.3 is 4.74 Å². The highest BCUT2D eigenvalue weighted by Gasteiger charge is 1.99. The molecule has 0 saturated carbocycles. The lowest BCUT2D eigenvalue weighted by atomic mass is 10.2. The summed E-state index contributed by atoms with van der Waals surface area (Å²) in [6.07, 6.45) is 0. The molecular formula is C14H13FO. The van der Waals surface area contributed by atoms with Crippen LogP contribution in [0.3, 0.4) is 0 Å². The molecule has 0 amide bonds. The minimum absolute atomic E-state index is 0.467. The second-order valence-electron chi connectivity index (χ2n) is 3.70. The highest BCUT2D eigenvalue weighted by atomic mass is 19.1. The number of halogens is 1. The largest absolute Gasteiger partial charge is 0.457 e. The predicted octanol–water partition coefficient (Wildman–Crippen LogP) is 4.26. The third-order valence-corrected chi connectivity index (χ3v) is 2.28. The van der Waals surface area contributed by atoms with E-state index < -0.39 is 6.67 Å². The van der Waals surface area contributed by atoms with Gasteiger partial charge in [-0.3, -0.25) is 0 Å². The lowest BCUT2D eigenvalue weighted by molar-refractivity contribution is 0.468. The van der Waals surface area contributed by atoms with Gasteiger partial charge >= 0.3 is 0 Å². The molecule has 0 aliphatic heterocycles. The maximum atomic E-state index is 12.5. The Kier molecular flexibility index (Phi) is 3.20. The van der Waals surface area contributed by atoms with Crippen LogP contribution in [0.2, 0.25) is 0 Å². The van der Waals surface area contributed by atoms with Gasteiger partial charge in [-0.05, 0) is 42.3 Å². The molecule has 0 radical (unpaired) electrons. The Bertz CT molecular complexity index is 480. The van der Waals surface area contributed by atoms with Crippen LogP contribution in [-0.2, 0) is 6.67 Å². The van der Waals surface area contributed by atoms with E-state index in [4.69, 9.17) is 4.74 Å². The summed E-state index contributed by atoms with van der Waals surface area (Å²) < 4.78 is 18.1. The van der Waals surface area contributed by atoms with Gasteiger partial charge in [0.1, 0.15) is 18.2 Å². The maximum Gasteiger partial charge on any atom is 0.127 e. The standard InChI is InChI=1S/C14H13FO/c1-11-4-2-6-13(8-11)16-14-7-3-5-12(9-14)10-15/h2-9H,10H2,1H3. The van der Waals surface area contributed by atoms with Gasteiger partial charge in [0.2, 0.25) is 0 Å². The smallest absolute Gasteiger partial charge is 0.127 e. The lowest BCUT2D eigenvalue weighted by Crippen LogP contribution is -1.86. The van der Waals surface area contributed by atoms with E-state index in [0.29, 0.717) is 11.3 Å². The van der Waals surface area contributed by atoms with E-state index in [1.54, 1.807) is 18.2 Å². The Hall–Kier alpha value is -1.83. The molecule has 0 atom stereocenters. The molecule has 0 saturated heterocycles. The SMILES string of the molecule is Cc1cccc(Oc2cccc(CF)c2)c1. The average molecular weight is 216 g/mol. The molecule has 2 rings (SSSR count). The Morgan fingerprint density at radius 1 is 1.00 bits per heavy atom. The molecule has 0 spiro atoms. The van der Waals surface area contributed by atoms with E-state index in [2.05, 4.69) is 0 Å². The molecule has 2 aromatic carbocycles. The third-order valence-electron chi connectivity index (χ3n) is 2.28. The Labute approximate surface area is 94.5 Å². The fraction of sp³-hybridized carbons (Fsp3) is 0.143. The van der Waals surface area contributed by atoms with Crippen LogP contribution >= 0.6 is 0 Å². The first-order chi connectivity index (χ1) is 7.78. The second kappa shape index (κ2) is 4.79. The van der Waals surface area contributed by atoms with Crippen molar-refractivity contribution in [3.8, 4) is 11.5 Å². The van der Waals surface area contributed by atoms with Crippen molar-refractivity contribution in [1.29, 1.82) is 0 Å². The Balaban J connectivity index is 2.20. The van der Waals surface area contributed by atoms with Gasteiger partial charge in [-0.15, -0.1) is 0 Å². The minimum Gasteiger partial charge on any atom is -0.457 e. The molecular weight excluding hydrogens is 203 g/mol. The summed E-state index contributed by atoms with van der Waals surface area (Å²) in [5.74, 6) is 1.44. The number of hydrogen-bond acceptors (Lipinski definition) is 1. The Morgan fingerprint density at radius 2 is 1.69 bits per heavy atom. The summed E-state index contributed by atoms with van der Waals surface area (Å²) in [7, 11) is 0. The van der Waals surface area contributed by atoms with Crippen molar-refractivity contribution in [3.63, 3.8) is 0 Å². The quantitative estimate of drug-likeness (QED) is 0.745.